The topological polar surface area (TPSA) is 113 Å². The molecule has 6 atom stereocenters. The van der Waals surface area contributed by atoms with E-state index in [9.17, 15) is 19.7 Å². The molecule has 0 bridgehead atoms. The molecule has 1 aliphatic carbocycles. The van der Waals surface area contributed by atoms with Gasteiger partial charge in [0.2, 0.25) is 0 Å². The number of nitriles is 1. The Balaban J connectivity index is 1.71. The van der Waals surface area contributed by atoms with E-state index in [0.717, 1.165) is 11.1 Å². The SMILES string of the molecule is COc1cncc2c1[C@]1(O)[C@H](O)[C@H](S(=O)c3ccccc3)[C@@H](c3ccccc3C)[C@]1(c1ccc(C#N)cc1)O2. The number of aromatic nitrogens is 1. The summed E-state index contributed by atoms with van der Waals surface area (Å²) in [5.74, 6) is -0.258. The molecule has 6 rings (SSSR count). The van der Waals surface area contributed by atoms with Crippen LogP contribution in [0.15, 0.2) is 96.2 Å². The molecule has 8 heteroatoms. The molecule has 1 fully saturated rings. The maximum atomic E-state index is 14.4. The van der Waals surface area contributed by atoms with E-state index in [1.54, 1.807) is 48.5 Å². The summed E-state index contributed by atoms with van der Waals surface area (Å²) in [6, 6.07) is 25.4. The van der Waals surface area contributed by atoms with Crippen molar-refractivity contribution >= 4 is 10.8 Å². The third-order valence-corrected chi connectivity index (χ3v) is 9.77. The minimum Gasteiger partial charge on any atom is -0.495 e. The number of pyridine rings is 1. The van der Waals surface area contributed by atoms with Crippen LogP contribution in [0.2, 0.25) is 0 Å². The van der Waals surface area contributed by atoms with Gasteiger partial charge in [-0.25, -0.2) is 0 Å². The summed E-state index contributed by atoms with van der Waals surface area (Å²) < 4.78 is 26.7. The Morgan fingerprint density at radius 3 is 2.38 bits per heavy atom. The van der Waals surface area contributed by atoms with Crippen molar-refractivity contribution in [1.29, 1.82) is 5.26 Å². The highest BCUT2D eigenvalue weighted by Crippen LogP contribution is 2.69. The lowest BCUT2D eigenvalue weighted by Gasteiger charge is -2.41. The van der Waals surface area contributed by atoms with Crippen LogP contribution < -0.4 is 9.47 Å². The quantitative estimate of drug-likeness (QED) is 0.394. The number of aliphatic hydroxyl groups excluding tert-OH is 1. The fourth-order valence-electron chi connectivity index (χ4n) is 6.32. The highest BCUT2D eigenvalue weighted by atomic mass is 32.2. The fourth-order valence-corrected chi connectivity index (χ4v) is 8.08. The van der Waals surface area contributed by atoms with Gasteiger partial charge in [0.05, 0.1) is 52.7 Å². The van der Waals surface area contributed by atoms with Crippen LogP contribution in [0.25, 0.3) is 0 Å². The number of hydrogen-bond acceptors (Lipinski definition) is 7. The highest BCUT2D eigenvalue weighted by molar-refractivity contribution is 7.85. The van der Waals surface area contributed by atoms with Gasteiger partial charge in [0.15, 0.2) is 11.2 Å². The average molecular weight is 539 g/mol. The van der Waals surface area contributed by atoms with Gasteiger partial charge in [-0.15, -0.1) is 0 Å². The summed E-state index contributed by atoms with van der Waals surface area (Å²) in [6.45, 7) is 1.94. The third-order valence-electron chi connectivity index (χ3n) is 8.01. The minimum atomic E-state index is -2.08. The number of ether oxygens (including phenoxy) is 2. The number of fused-ring (bicyclic) bond motifs is 3. The van der Waals surface area contributed by atoms with Gasteiger partial charge >= 0.3 is 0 Å². The van der Waals surface area contributed by atoms with Crippen LogP contribution in [0, 0.1) is 18.3 Å². The van der Waals surface area contributed by atoms with Crippen LogP contribution in [-0.4, -0.2) is 37.9 Å². The molecule has 196 valence electrons. The zero-order chi connectivity index (χ0) is 27.4. The molecule has 0 spiro atoms. The molecule has 1 saturated carbocycles. The first-order valence-electron chi connectivity index (χ1n) is 12.5. The van der Waals surface area contributed by atoms with Crippen molar-refractivity contribution in [2.24, 2.45) is 0 Å². The standard InChI is InChI=1S/C31H26N2O5S/c1-19-8-6-7-11-23(19)26-28(39(36)22-9-4-3-5-10-22)29(34)30(35)27-24(37-2)17-33-18-25(27)38-31(26,30)21-14-12-20(16-32)13-15-21/h3-15,17-18,26,28-29,34-35H,1-2H3/t26-,28-,29-,30+,31+,39?/m1/s1. The molecule has 2 N–H and O–H groups in total. The summed E-state index contributed by atoms with van der Waals surface area (Å²) in [4.78, 5) is 4.76. The van der Waals surface area contributed by atoms with Crippen LogP contribution >= 0.6 is 0 Å². The zero-order valence-corrected chi connectivity index (χ0v) is 22.1. The van der Waals surface area contributed by atoms with Crippen molar-refractivity contribution in [3.8, 4) is 17.6 Å². The third kappa shape index (κ3) is 3.41. The van der Waals surface area contributed by atoms with Crippen LogP contribution in [0.3, 0.4) is 0 Å². The van der Waals surface area contributed by atoms with Gasteiger partial charge in [0, 0.05) is 10.8 Å². The maximum Gasteiger partial charge on any atom is 0.178 e. The normalized spacial score (nSPS) is 27.6. The van der Waals surface area contributed by atoms with Crippen LogP contribution in [0.1, 0.15) is 33.7 Å². The number of methoxy groups -OCH3 is 1. The molecule has 39 heavy (non-hydrogen) atoms. The molecular formula is C31H26N2O5S. The molecule has 0 saturated heterocycles. The Bertz CT molecular complexity index is 1620. The van der Waals surface area contributed by atoms with Crippen molar-refractivity contribution in [3.05, 3.63) is 119 Å². The predicted molar refractivity (Wildman–Crippen MR) is 145 cm³/mol. The van der Waals surface area contributed by atoms with Gasteiger partial charge < -0.3 is 19.7 Å². The van der Waals surface area contributed by atoms with E-state index in [-0.39, 0.29) is 17.1 Å². The highest BCUT2D eigenvalue weighted by Gasteiger charge is 2.78. The maximum absolute atomic E-state index is 14.4. The van der Waals surface area contributed by atoms with E-state index in [4.69, 9.17) is 9.47 Å². The largest absolute Gasteiger partial charge is 0.495 e. The predicted octanol–water partition coefficient (Wildman–Crippen LogP) is 4.08. The van der Waals surface area contributed by atoms with Crippen molar-refractivity contribution in [3.63, 3.8) is 0 Å². The van der Waals surface area contributed by atoms with Crippen molar-refractivity contribution in [1.82, 2.24) is 4.98 Å². The van der Waals surface area contributed by atoms with E-state index in [1.807, 2.05) is 37.3 Å². The summed E-state index contributed by atoms with van der Waals surface area (Å²) in [6.07, 6.45) is 1.42. The van der Waals surface area contributed by atoms with E-state index in [0.29, 0.717) is 16.0 Å². The lowest BCUT2D eigenvalue weighted by Crippen LogP contribution is -2.52. The first kappa shape index (κ1) is 25.3. The van der Waals surface area contributed by atoms with Gasteiger partial charge in [-0.05, 0) is 47.9 Å². The number of rotatable bonds is 5. The fraction of sp³-hybridized carbons (Fsp3) is 0.226. The second-order valence-electron chi connectivity index (χ2n) is 9.86. The molecule has 0 radical (unpaired) electrons. The van der Waals surface area contributed by atoms with Gasteiger partial charge in [-0.3, -0.25) is 9.19 Å². The number of aryl methyl sites for hydroxylation is 1. The Kier molecular flexibility index (Phi) is 6.03. The molecule has 2 aliphatic rings. The van der Waals surface area contributed by atoms with Crippen molar-refractivity contribution < 1.29 is 23.9 Å². The van der Waals surface area contributed by atoms with Gasteiger partial charge in [0.25, 0.3) is 0 Å². The molecular weight excluding hydrogens is 512 g/mol. The first-order chi connectivity index (χ1) is 18.9. The molecule has 3 aromatic carbocycles. The second-order valence-corrected chi connectivity index (χ2v) is 11.5. The zero-order valence-electron chi connectivity index (χ0n) is 21.3. The summed E-state index contributed by atoms with van der Waals surface area (Å²) in [7, 11) is -0.292. The molecule has 0 amide bonds. The number of hydrogen-bond donors (Lipinski definition) is 2. The summed E-state index contributed by atoms with van der Waals surface area (Å²) in [5.41, 5.74) is -0.806. The van der Waals surface area contributed by atoms with Crippen LogP contribution in [0.5, 0.6) is 11.5 Å². The Labute approximate surface area is 228 Å². The van der Waals surface area contributed by atoms with E-state index in [2.05, 4.69) is 11.1 Å². The number of nitrogens with zero attached hydrogens (tertiary/aromatic N) is 2. The van der Waals surface area contributed by atoms with Gasteiger partial charge in [0.1, 0.15) is 17.6 Å². The van der Waals surface area contributed by atoms with Gasteiger partial charge in [-0.2, -0.15) is 5.26 Å². The van der Waals surface area contributed by atoms with Gasteiger partial charge in [-0.1, -0.05) is 54.6 Å². The molecule has 7 nitrogen and oxygen atoms in total. The van der Waals surface area contributed by atoms with Crippen LogP contribution in [0.4, 0.5) is 0 Å². The summed E-state index contributed by atoms with van der Waals surface area (Å²) in [5, 5.41) is 33.6. The molecule has 1 aromatic heterocycles. The average Bonchev–Trinajstić information content (AvgIpc) is 3.36. The Hall–Kier alpha value is -4.03. The monoisotopic (exact) mass is 538 g/mol. The van der Waals surface area contributed by atoms with Crippen LogP contribution in [-0.2, 0) is 22.0 Å². The Morgan fingerprint density at radius 2 is 1.72 bits per heavy atom. The first-order valence-corrected chi connectivity index (χ1v) is 13.7. The minimum absolute atomic E-state index is 0.249. The Morgan fingerprint density at radius 1 is 1.03 bits per heavy atom. The van der Waals surface area contributed by atoms with E-state index < -0.39 is 39.3 Å². The van der Waals surface area contributed by atoms with Crippen molar-refractivity contribution in [2.75, 3.05) is 7.11 Å². The lowest BCUT2D eigenvalue weighted by atomic mass is 9.70. The van der Waals surface area contributed by atoms with E-state index >= 15 is 0 Å². The van der Waals surface area contributed by atoms with Crippen molar-refractivity contribution in [2.45, 2.75) is 40.3 Å². The molecule has 1 aliphatic heterocycles. The number of aliphatic hydroxyl groups is 2. The lowest BCUT2D eigenvalue weighted by molar-refractivity contribution is -0.149. The summed E-state index contributed by atoms with van der Waals surface area (Å²) >= 11 is 0. The molecule has 2 heterocycles. The van der Waals surface area contributed by atoms with E-state index in [1.165, 1.54) is 19.5 Å². The molecule has 4 aromatic rings. The molecule has 1 unspecified atom stereocenters. The second kappa shape index (κ2) is 9.31. The number of benzene rings is 3. The smallest absolute Gasteiger partial charge is 0.178 e.